The molecule has 1 aromatic carbocycles. The van der Waals surface area contributed by atoms with Crippen molar-refractivity contribution < 1.29 is 8.42 Å². The van der Waals surface area contributed by atoms with E-state index in [1.807, 2.05) is 6.92 Å². The molecule has 0 spiro atoms. The van der Waals surface area contributed by atoms with Crippen LogP contribution in [-0.2, 0) is 10.0 Å². The van der Waals surface area contributed by atoms with E-state index in [-0.39, 0.29) is 4.90 Å². The molecule has 0 atom stereocenters. The fourth-order valence-electron chi connectivity index (χ4n) is 1.09. The molecule has 0 bridgehead atoms. The van der Waals surface area contributed by atoms with Crippen molar-refractivity contribution in [3.05, 3.63) is 29.8 Å². The van der Waals surface area contributed by atoms with Gasteiger partial charge in [0, 0.05) is 13.3 Å². The molecule has 0 saturated heterocycles. The van der Waals surface area contributed by atoms with Crippen LogP contribution < -0.4 is 0 Å². The third-order valence-corrected chi connectivity index (χ3v) is 3.60. The van der Waals surface area contributed by atoms with Crippen LogP contribution in [0.1, 0.15) is 12.5 Å². The fourth-order valence-corrected chi connectivity index (χ4v) is 2.09. The molecule has 15 heavy (non-hydrogen) atoms. The maximum Gasteiger partial charge on any atom is 0.278 e. The van der Waals surface area contributed by atoms with Gasteiger partial charge in [-0.2, -0.15) is 17.9 Å². The highest BCUT2D eigenvalue weighted by atomic mass is 32.2. The van der Waals surface area contributed by atoms with Crippen LogP contribution in [0.5, 0.6) is 0 Å². The lowest BCUT2D eigenvalue weighted by atomic mass is 10.2. The van der Waals surface area contributed by atoms with Gasteiger partial charge in [0.05, 0.1) is 4.90 Å². The molecule has 0 heterocycles. The Morgan fingerprint density at radius 2 is 1.80 bits per heavy atom. The summed E-state index contributed by atoms with van der Waals surface area (Å²) in [6.45, 7) is 3.57. The smallest absolute Gasteiger partial charge is 0.200 e. The Kier molecular flexibility index (Phi) is 3.47. The maximum atomic E-state index is 11.8. The number of rotatable bonds is 3. The fraction of sp³-hybridized carbons (Fsp3) is 0.300. The van der Waals surface area contributed by atoms with Gasteiger partial charge < -0.3 is 0 Å². The molecule has 0 aliphatic carbocycles. The summed E-state index contributed by atoms with van der Waals surface area (Å²) in [5.41, 5.74) is 1.02. The summed E-state index contributed by atoms with van der Waals surface area (Å²) in [6, 6.07) is 6.67. The van der Waals surface area contributed by atoms with E-state index < -0.39 is 10.0 Å². The van der Waals surface area contributed by atoms with E-state index >= 15 is 0 Å². The van der Waals surface area contributed by atoms with Gasteiger partial charge in [-0.15, -0.1) is 0 Å². The molecule has 0 aliphatic rings. The molecule has 0 N–H and O–H groups in total. The lowest BCUT2D eigenvalue weighted by Crippen LogP contribution is -2.21. The van der Waals surface area contributed by atoms with Gasteiger partial charge in [-0.25, -0.2) is 0 Å². The minimum Gasteiger partial charge on any atom is -0.200 e. The van der Waals surface area contributed by atoms with Crippen LogP contribution in [0, 0.1) is 6.92 Å². The number of hydrogen-bond donors (Lipinski definition) is 0. The molecule has 4 nitrogen and oxygen atoms in total. The first-order valence-corrected chi connectivity index (χ1v) is 5.96. The number of benzene rings is 1. The minimum absolute atomic E-state index is 0.251. The third kappa shape index (κ3) is 2.56. The molecule has 0 unspecified atom stereocenters. The molecular weight excluding hydrogens is 212 g/mol. The van der Waals surface area contributed by atoms with Crippen LogP contribution in [0.4, 0.5) is 0 Å². The summed E-state index contributed by atoms with van der Waals surface area (Å²) in [4.78, 5) is 0.251. The highest BCUT2D eigenvalue weighted by Gasteiger charge is 2.18. The number of aryl methyl sites for hydroxylation is 1. The summed E-state index contributed by atoms with van der Waals surface area (Å²) < 4.78 is 24.6. The molecule has 0 saturated carbocycles. The quantitative estimate of drug-likeness (QED) is 0.581. The Bertz CT molecular complexity index is 449. The SMILES string of the molecule is CC=NN(C)S(=O)(=O)c1ccc(C)cc1. The molecule has 5 heteroatoms. The lowest BCUT2D eigenvalue weighted by molar-refractivity contribution is 0.490. The van der Waals surface area contributed by atoms with Gasteiger partial charge in [0.15, 0.2) is 0 Å². The zero-order valence-corrected chi connectivity index (χ0v) is 9.82. The second-order valence-electron chi connectivity index (χ2n) is 3.13. The van der Waals surface area contributed by atoms with E-state index in [0.717, 1.165) is 9.98 Å². The van der Waals surface area contributed by atoms with Gasteiger partial charge in [0.1, 0.15) is 0 Å². The molecule has 0 fully saturated rings. The van der Waals surface area contributed by atoms with Crippen LogP contribution >= 0.6 is 0 Å². The number of hydrogen-bond acceptors (Lipinski definition) is 3. The van der Waals surface area contributed by atoms with Crippen LogP contribution in [0.3, 0.4) is 0 Å². The van der Waals surface area contributed by atoms with Crippen molar-refractivity contribution in [3.63, 3.8) is 0 Å². The van der Waals surface area contributed by atoms with E-state index in [4.69, 9.17) is 0 Å². The van der Waals surface area contributed by atoms with Crippen molar-refractivity contribution in [2.24, 2.45) is 5.10 Å². The predicted molar refractivity (Wildman–Crippen MR) is 60.3 cm³/mol. The lowest BCUT2D eigenvalue weighted by Gasteiger charge is -2.13. The number of sulfonamides is 1. The Hall–Kier alpha value is -1.36. The summed E-state index contributed by atoms with van der Waals surface area (Å²) in [7, 11) is -2.07. The van der Waals surface area contributed by atoms with Crippen molar-refractivity contribution in [1.82, 2.24) is 4.41 Å². The van der Waals surface area contributed by atoms with Gasteiger partial charge in [-0.05, 0) is 26.0 Å². The minimum atomic E-state index is -3.48. The average Bonchev–Trinajstić information content (AvgIpc) is 2.18. The summed E-state index contributed by atoms with van der Waals surface area (Å²) >= 11 is 0. The van der Waals surface area contributed by atoms with Gasteiger partial charge in [-0.1, -0.05) is 17.7 Å². The van der Waals surface area contributed by atoms with Crippen LogP contribution in [0.2, 0.25) is 0 Å². The van der Waals surface area contributed by atoms with Gasteiger partial charge in [0.25, 0.3) is 10.0 Å². The van der Waals surface area contributed by atoms with Gasteiger partial charge in [-0.3, -0.25) is 0 Å². The van der Waals surface area contributed by atoms with Crippen molar-refractivity contribution in [2.45, 2.75) is 18.7 Å². The van der Waals surface area contributed by atoms with Gasteiger partial charge >= 0.3 is 0 Å². The predicted octanol–water partition coefficient (Wildman–Crippen LogP) is 1.62. The highest BCUT2D eigenvalue weighted by molar-refractivity contribution is 7.89. The summed E-state index contributed by atoms with van der Waals surface area (Å²) in [6.07, 6.45) is 1.44. The van der Waals surface area contributed by atoms with E-state index in [0.29, 0.717) is 0 Å². The van der Waals surface area contributed by atoms with Gasteiger partial charge in [0.2, 0.25) is 0 Å². The molecule has 82 valence electrons. The Balaban J connectivity index is 3.11. The molecule has 1 aromatic rings. The molecule has 0 radical (unpaired) electrons. The first kappa shape index (κ1) is 11.7. The Labute approximate surface area is 90.3 Å². The molecular formula is C10H14N2O2S. The average molecular weight is 226 g/mol. The van der Waals surface area contributed by atoms with Crippen LogP contribution in [0.25, 0.3) is 0 Å². The van der Waals surface area contributed by atoms with E-state index in [9.17, 15) is 8.42 Å². The Morgan fingerprint density at radius 3 is 2.27 bits per heavy atom. The second-order valence-corrected chi connectivity index (χ2v) is 5.08. The zero-order valence-electron chi connectivity index (χ0n) is 9.01. The number of nitrogens with zero attached hydrogens (tertiary/aromatic N) is 2. The largest absolute Gasteiger partial charge is 0.278 e. The molecule has 0 aromatic heterocycles. The Morgan fingerprint density at radius 1 is 1.27 bits per heavy atom. The van der Waals surface area contributed by atoms with E-state index in [2.05, 4.69) is 5.10 Å². The third-order valence-electron chi connectivity index (χ3n) is 1.94. The van der Waals surface area contributed by atoms with Crippen LogP contribution in [0.15, 0.2) is 34.3 Å². The normalized spacial score (nSPS) is 11.9. The first-order chi connectivity index (χ1) is 6.98. The number of hydrazone groups is 1. The summed E-state index contributed by atoms with van der Waals surface area (Å²) in [5, 5.41) is 3.72. The topological polar surface area (TPSA) is 49.7 Å². The van der Waals surface area contributed by atoms with Crippen molar-refractivity contribution in [3.8, 4) is 0 Å². The van der Waals surface area contributed by atoms with Crippen molar-refractivity contribution in [1.29, 1.82) is 0 Å². The summed E-state index contributed by atoms with van der Waals surface area (Å²) in [5.74, 6) is 0. The molecule has 0 aliphatic heterocycles. The molecule has 1 rings (SSSR count). The van der Waals surface area contributed by atoms with E-state index in [1.165, 1.54) is 13.3 Å². The second kappa shape index (κ2) is 4.44. The standard InChI is InChI=1S/C10H14N2O2S/c1-4-11-12(3)15(13,14)10-7-5-9(2)6-8-10/h4-8H,1-3H3. The first-order valence-electron chi connectivity index (χ1n) is 4.52. The highest BCUT2D eigenvalue weighted by Crippen LogP contribution is 2.14. The van der Waals surface area contributed by atoms with Crippen LogP contribution in [-0.4, -0.2) is 26.1 Å². The van der Waals surface area contributed by atoms with E-state index in [1.54, 1.807) is 31.2 Å². The molecule has 0 amide bonds. The zero-order chi connectivity index (χ0) is 11.5. The van der Waals surface area contributed by atoms with Crippen molar-refractivity contribution in [2.75, 3.05) is 7.05 Å². The van der Waals surface area contributed by atoms with Crippen molar-refractivity contribution >= 4 is 16.2 Å². The monoisotopic (exact) mass is 226 g/mol. The maximum absolute atomic E-state index is 11.8.